The number of aromatic nitrogens is 2. The molecule has 3 aromatic carbocycles. The van der Waals surface area contributed by atoms with Gasteiger partial charge in [-0.15, -0.1) is 0 Å². The highest BCUT2D eigenvalue weighted by Gasteiger charge is 2.29. The van der Waals surface area contributed by atoms with Gasteiger partial charge in [-0.25, -0.2) is 4.98 Å². The van der Waals surface area contributed by atoms with Crippen molar-refractivity contribution in [1.82, 2.24) is 14.5 Å². The summed E-state index contributed by atoms with van der Waals surface area (Å²) in [6.45, 7) is 5.37. The highest BCUT2D eigenvalue weighted by atomic mass is 35.5. The molecule has 0 bridgehead atoms. The first-order valence-electron chi connectivity index (χ1n) is 12.8. The first kappa shape index (κ1) is 27.4. The van der Waals surface area contributed by atoms with Crippen LogP contribution < -0.4 is 10.3 Å². The second-order valence-electron chi connectivity index (χ2n) is 8.83. The molecule has 1 atom stereocenters. The van der Waals surface area contributed by atoms with Gasteiger partial charge in [0.15, 0.2) is 0 Å². The van der Waals surface area contributed by atoms with Gasteiger partial charge in [-0.2, -0.15) is 0 Å². The quantitative estimate of drug-likeness (QED) is 0.219. The van der Waals surface area contributed by atoms with Crippen molar-refractivity contribution in [3.05, 3.63) is 99.6 Å². The molecule has 1 amide bonds. The molecule has 1 heterocycles. The van der Waals surface area contributed by atoms with E-state index in [0.717, 1.165) is 0 Å². The SMILES string of the molecule is CCOc1ccc(-n2c(C(CC)N(CCCOC)C(=O)c3cccc(Cl)c3)nc3ccccc3c2=O)cc1. The number of carbonyl (C=O) groups excluding carboxylic acids is 1. The molecule has 0 fully saturated rings. The van der Waals surface area contributed by atoms with Crippen molar-refractivity contribution in [3.63, 3.8) is 0 Å². The molecular formula is C30H32ClN3O4. The summed E-state index contributed by atoms with van der Waals surface area (Å²) in [5, 5.41) is 0.989. The zero-order chi connectivity index (χ0) is 27.1. The Kier molecular flexibility index (Phi) is 9.15. The summed E-state index contributed by atoms with van der Waals surface area (Å²) in [6.07, 6.45) is 1.17. The van der Waals surface area contributed by atoms with E-state index in [9.17, 15) is 9.59 Å². The fourth-order valence-corrected chi connectivity index (χ4v) is 4.78. The van der Waals surface area contributed by atoms with E-state index in [1.54, 1.807) is 46.9 Å². The number of amides is 1. The van der Waals surface area contributed by atoms with Gasteiger partial charge in [0.25, 0.3) is 11.5 Å². The second-order valence-corrected chi connectivity index (χ2v) is 9.27. The number of fused-ring (bicyclic) bond motifs is 1. The molecule has 4 rings (SSSR count). The van der Waals surface area contributed by atoms with Gasteiger partial charge in [-0.05, 0) is 74.4 Å². The van der Waals surface area contributed by atoms with Crippen LogP contribution in [0.5, 0.6) is 5.75 Å². The van der Waals surface area contributed by atoms with Crippen molar-refractivity contribution in [2.24, 2.45) is 0 Å². The lowest BCUT2D eigenvalue weighted by Crippen LogP contribution is -2.39. The van der Waals surface area contributed by atoms with Crippen LogP contribution in [0.4, 0.5) is 0 Å². The van der Waals surface area contributed by atoms with Gasteiger partial charge in [0, 0.05) is 30.8 Å². The van der Waals surface area contributed by atoms with Gasteiger partial charge >= 0.3 is 0 Å². The van der Waals surface area contributed by atoms with E-state index < -0.39 is 6.04 Å². The molecule has 7 nitrogen and oxygen atoms in total. The molecule has 0 saturated carbocycles. The number of para-hydroxylation sites is 1. The average molecular weight is 534 g/mol. The first-order chi connectivity index (χ1) is 18.5. The summed E-state index contributed by atoms with van der Waals surface area (Å²) in [6, 6.07) is 21.0. The van der Waals surface area contributed by atoms with Crippen molar-refractivity contribution in [1.29, 1.82) is 0 Å². The number of ether oxygens (including phenoxy) is 2. The summed E-state index contributed by atoms with van der Waals surface area (Å²) in [5.41, 5.74) is 1.52. The average Bonchev–Trinajstić information content (AvgIpc) is 2.93. The van der Waals surface area contributed by atoms with E-state index in [0.29, 0.717) is 71.4 Å². The van der Waals surface area contributed by atoms with Crippen molar-refractivity contribution >= 4 is 28.4 Å². The fourth-order valence-electron chi connectivity index (χ4n) is 4.59. The van der Waals surface area contributed by atoms with Gasteiger partial charge in [0.05, 0.1) is 29.2 Å². The predicted octanol–water partition coefficient (Wildman–Crippen LogP) is 6.07. The lowest BCUT2D eigenvalue weighted by molar-refractivity contribution is 0.0634. The molecule has 0 saturated heterocycles. The van der Waals surface area contributed by atoms with Crippen molar-refractivity contribution in [2.45, 2.75) is 32.7 Å². The maximum Gasteiger partial charge on any atom is 0.266 e. The van der Waals surface area contributed by atoms with E-state index in [4.69, 9.17) is 26.1 Å². The van der Waals surface area contributed by atoms with Gasteiger partial charge in [0.2, 0.25) is 0 Å². The van der Waals surface area contributed by atoms with E-state index >= 15 is 0 Å². The highest BCUT2D eigenvalue weighted by Crippen LogP contribution is 2.29. The maximum atomic E-state index is 13.9. The second kappa shape index (κ2) is 12.7. The molecule has 8 heteroatoms. The number of nitrogens with zero attached hydrogens (tertiary/aromatic N) is 3. The Morgan fingerprint density at radius 2 is 1.82 bits per heavy atom. The third-order valence-corrected chi connectivity index (χ3v) is 6.58. The Labute approximate surface area is 227 Å². The van der Waals surface area contributed by atoms with Gasteiger partial charge < -0.3 is 14.4 Å². The summed E-state index contributed by atoms with van der Waals surface area (Å²) >= 11 is 6.22. The van der Waals surface area contributed by atoms with E-state index in [1.165, 1.54) is 0 Å². The summed E-state index contributed by atoms with van der Waals surface area (Å²) in [4.78, 5) is 34.5. The molecule has 1 aromatic heterocycles. The Bertz CT molecular complexity index is 1450. The summed E-state index contributed by atoms with van der Waals surface area (Å²) in [7, 11) is 1.63. The molecular weight excluding hydrogens is 502 g/mol. The maximum absolute atomic E-state index is 13.9. The number of rotatable bonds is 11. The molecule has 1 unspecified atom stereocenters. The zero-order valence-corrected chi connectivity index (χ0v) is 22.6. The van der Waals surface area contributed by atoms with Crippen molar-refractivity contribution < 1.29 is 14.3 Å². The number of methoxy groups -OCH3 is 1. The number of benzene rings is 3. The number of carbonyl (C=O) groups is 1. The van der Waals surface area contributed by atoms with Crippen LogP contribution in [0.3, 0.4) is 0 Å². The van der Waals surface area contributed by atoms with E-state index in [2.05, 4.69) is 0 Å². The molecule has 0 aliphatic rings. The molecule has 0 N–H and O–H groups in total. The molecule has 38 heavy (non-hydrogen) atoms. The van der Waals surface area contributed by atoms with Gasteiger partial charge in [-0.3, -0.25) is 14.2 Å². The molecule has 198 valence electrons. The molecule has 0 spiro atoms. The topological polar surface area (TPSA) is 73.7 Å². The molecule has 0 radical (unpaired) electrons. The van der Waals surface area contributed by atoms with Crippen molar-refractivity contribution in [2.75, 3.05) is 26.9 Å². The first-order valence-corrected chi connectivity index (χ1v) is 13.2. The van der Waals surface area contributed by atoms with Crippen LogP contribution in [0.1, 0.15) is 48.9 Å². The Morgan fingerprint density at radius 3 is 2.50 bits per heavy atom. The van der Waals surface area contributed by atoms with Crippen molar-refractivity contribution in [3.8, 4) is 11.4 Å². The third kappa shape index (κ3) is 5.90. The van der Waals surface area contributed by atoms with E-state index in [-0.39, 0.29) is 11.5 Å². The largest absolute Gasteiger partial charge is 0.494 e. The van der Waals surface area contributed by atoms with Gasteiger partial charge in [-0.1, -0.05) is 36.7 Å². The minimum atomic E-state index is -0.484. The van der Waals surface area contributed by atoms with Crippen LogP contribution >= 0.6 is 11.6 Å². The lowest BCUT2D eigenvalue weighted by atomic mass is 10.1. The highest BCUT2D eigenvalue weighted by molar-refractivity contribution is 6.30. The van der Waals surface area contributed by atoms with Crippen LogP contribution in [-0.2, 0) is 4.74 Å². The molecule has 0 aliphatic heterocycles. The predicted molar refractivity (Wildman–Crippen MR) is 151 cm³/mol. The number of halogens is 1. The van der Waals surface area contributed by atoms with Gasteiger partial charge in [0.1, 0.15) is 11.6 Å². The summed E-state index contributed by atoms with van der Waals surface area (Å²) in [5.74, 6) is 1.02. The Morgan fingerprint density at radius 1 is 1.05 bits per heavy atom. The number of hydrogen-bond acceptors (Lipinski definition) is 5. The van der Waals surface area contributed by atoms with Crippen LogP contribution in [-0.4, -0.2) is 47.2 Å². The van der Waals surface area contributed by atoms with Crippen LogP contribution in [0.15, 0.2) is 77.6 Å². The number of hydrogen-bond donors (Lipinski definition) is 0. The molecule has 4 aromatic rings. The molecule has 0 aliphatic carbocycles. The summed E-state index contributed by atoms with van der Waals surface area (Å²) < 4.78 is 12.5. The third-order valence-electron chi connectivity index (χ3n) is 6.35. The monoisotopic (exact) mass is 533 g/mol. The van der Waals surface area contributed by atoms with Crippen LogP contribution in [0.25, 0.3) is 16.6 Å². The lowest BCUT2D eigenvalue weighted by Gasteiger charge is -2.32. The van der Waals surface area contributed by atoms with E-state index in [1.807, 2.05) is 56.3 Å². The zero-order valence-electron chi connectivity index (χ0n) is 21.9. The van der Waals surface area contributed by atoms with Crippen LogP contribution in [0.2, 0.25) is 5.02 Å². The Balaban J connectivity index is 1.90. The standard InChI is InChI=1S/C30H32ClN3O4/c1-4-27(33(18-9-19-37-3)29(35)21-10-8-11-22(31)20-21)28-32-26-13-7-6-12-25(26)30(36)34(28)23-14-16-24(17-15-23)38-5-2/h6-8,10-17,20,27H,4-5,9,18-19H2,1-3H3. The fraction of sp³-hybridized carbons (Fsp3) is 0.300. The minimum absolute atomic E-state index is 0.184. The normalized spacial score (nSPS) is 11.9. The smallest absolute Gasteiger partial charge is 0.266 e. The Hall–Kier alpha value is -3.68. The minimum Gasteiger partial charge on any atom is -0.494 e. The van der Waals surface area contributed by atoms with Crippen LogP contribution in [0, 0.1) is 0 Å².